The van der Waals surface area contributed by atoms with Gasteiger partial charge in [0.05, 0.1) is 12.8 Å². The molecule has 1 aliphatic carbocycles. The molecule has 3 amide bonds. The molecule has 2 saturated heterocycles. The molecule has 1 spiro atoms. The summed E-state index contributed by atoms with van der Waals surface area (Å²) in [5.41, 5.74) is -0.189. The van der Waals surface area contributed by atoms with Gasteiger partial charge in [0, 0.05) is 25.6 Å². The maximum Gasteiger partial charge on any atom is 0.326 e. The molecule has 0 bridgehead atoms. The predicted molar refractivity (Wildman–Crippen MR) is 94.7 cm³/mol. The van der Waals surface area contributed by atoms with Crippen LogP contribution in [0, 0.1) is 11.3 Å². The molecule has 8 nitrogen and oxygen atoms in total. The van der Waals surface area contributed by atoms with E-state index in [0.29, 0.717) is 38.4 Å². The molecular formula is C19H25N3O5. The van der Waals surface area contributed by atoms with E-state index in [-0.39, 0.29) is 23.3 Å². The number of amides is 3. The molecule has 1 aromatic heterocycles. The van der Waals surface area contributed by atoms with Gasteiger partial charge in [0.2, 0.25) is 5.91 Å². The molecule has 1 atom stereocenters. The van der Waals surface area contributed by atoms with E-state index in [0.717, 1.165) is 25.7 Å². The van der Waals surface area contributed by atoms with Crippen molar-refractivity contribution in [2.45, 2.75) is 44.7 Å². The molecule has 4 rings (SSSR count). The molecule has 1 saturated carbocycles. The van der Waals surface area contributed by atoms with Gasteiger partial charge >= 0.3 is 12.0 Å². The molecule has 27 heavy (non-hydrogen) atoms. The normalized spacial score (nSPS) is 24.2. The fourth-order valence-electron chi connectivity index (χ4n) is 4.31. The first-order chi connectivity index (χ1) is 13.0. The number of urea groups is 1. The summed E-state index contributed by atoms with van der Waals surface area (Å²) in [6.45, 7) is 1.99. The zero-order valence-corrected chi connectivity index (χ0v) is 15.2. The number of piperidine rings is 1. The van der Waals surface area contributed by atoms with Crippen molar-refractivity contribution in [2.24, 2.45) is 11.3 Å². The topological polar surface area (TPSA) is 103 Å². The van der Waals surface area contributed by atoms with E-state index in [4.69, 9.17) is 4.42 Å². The highest BCUT2D eigenvalue weighted by atomic mass is 16.4. The fourth-order valence-corrected chi connectivity index (χ4v) is 4.31. The van der Waals surface area contributed by atoms with Gasteiger partial charge in [0.15, 0.2) is 0 Å². The monoisotopic (exact) mass is 375 g/mol. The van der Waals surface area contributed by atoms with E-state index < -0.39 is 12.0 Å². The summed E-state index contributed by atoms with van der Waals surface area (Å²) in [7, 11) is 0. The number of hydrogen-bond donors (Lipinski definition) is 2. The average molecular weight is 375 g/mol. The van der Waals surface area contributed by atoms with Crippen LogP contribution in [0.1, 0.15) is 37.9 Å². The molecule has 8 heteroatoms. The highest BCUT2D eigenvalue weighted by Crippen LogP contribution is 2.45. The Kier molecular flexibility index (Phi) is 4.57. The van der Waals surface area contributed by atoms with Crippen LogP contribution in [-0.2, 0) is 16.1 Å². The first-order valence-corrected chi connectivity index (χ1v) is 9.56. The van der Waals surface area contributed by atoms with Crippen molar-refractivity contribution in [3.05, 3.63) is 24.2 Å². The molecule has 3 heterocycles. The maximum absolute atomic E-state index is 12.5. The van der Waals surface area contributed by atoms with Crippen molar-refractivity contribution >= 4 is 17.9 Å². The van der Waals surface area contributed by atoms with E-state index in [1.165, 1.54) is 0 Å². The lowest BCUT2D eigenvalue weighted by atomic mass is 9.76. The quantitative estimate of drug-likeness (QED) is 0.833. The largest absolute Gasteiger partial charge is 0.480 e. The first kappa shape index (κ1) is 17.9. The van der Waals surface area contributed by atoms with Crippen LogP contribution in [0.5, 0.6) is 0 Å². The van der Waals surface area contributed by atoms with Gasteiger partial charge in [-0.1, -0.05) is 0 Å². The number of carboxylic acid groups (broad SMARTS) is 1. The van der Waals surface area contributed by atoms with E-state index in [1.807, 2.05) is 6.07 Å². The predicted octanol–water partition coefficient (Wildman–Crippen LogP) is 1.67. The third-order valence-corrected chi connectivity index (χ3v) is 6.11. The second kappa shape index (κ2) is 6.90. The van der Waals surface area contributed by atoms with E-state index >= 15 is 0 Å². The Morgan fingerprint density at radius 1 is 1.26 bits per heavy atom. The van der Waals surface area contributed by atoms with Crippen LogP contribution in [0.15, 0.2) is 22.8 Å². The van der Waals surface area contributed by atoms with Crippen molar-refractivity contribution in [1.82, 2.24) is 15.1 Å². The zero-order chi connectivity index (χ0) is 19.0. The number of carbonyl (C=O) groups is 3. The van der Waals surface area contributed by atoms with Gasteiger partial charge in [-0.2, -0.15) is 0 Å². The lowest BCUT2D eigenvalue weighted by Gasteiger charge is -2.39. The smallest absolute Gasteiger partial charge is 0.326 e. The lowest BCUT2D eigenvalue weighted by molar-refractivity contribution is -0.148. The summed E-state index contributed by atoms with van der Waals surface area (Å²) in [6, 6.07) is 2.72. The molecule has 2 N–H and O–H groups in total. The lowest BCUT2D eigenvalue weighted by Crippen LogP contribution is -2.48. The Bertz CT molecular complexity index is 720. The molecule has 3 aliphatic rings. The number of likely N-dealkylation sites (tertiary alicyclic amines) is 2. The van der Waals surface area contributed by atoms with E-state index in [1.54, 1.807) is 22.1 Å². The summed E-state index contributed by atoms with van der Waals surface area (Å²) in [4.78, 5) is 39.9. The second-order valence-electron chi connectivity index (χ2n) is 8.02. The number of nitrogens with zero attached hydrogens (tertiary/aromatic N) is 2. The van der Waals surface area contributed by atoms with E-state index in [2.05, 4.69) is 5.32 Å². The van der Waals surface area contributed by atoms with Gasteiger partial charge < -0.3 is 24.6 Å². The molecule has 3 fully saturated rings. The number of rotatable bonds is 4. The number of carbonyl (C=O) groups excluding carboxylic acids is 2. The van der Waals surface area contributed by atoms with Gasteiger partial charge in [-0.05, 0) is 49.7 Å². The molecule has 2 aliphatic heterocycles. The molecule has 1 unspecified atom stereocenters. The Labute approximate surface area is 157 Å². The van der Waals surface area contributed by atoms with Crippen LogP contribution >= 0.6 is 0 Å². The van der Waals surface area contributed by atoms with Crippen LogP contribution in [-0.4, -0.2) is 58.5 Å². The van der Waals surface area contributed by atoms with Gasteiger partial charge in [-0.15, -0.1) is 0 Å². The molecule has 0 radical (unpaired) electrons. The second-order valence-corrected chi connectivity index (χ2v) is 8.02. The Balaban J connectivity index is 1.34. The summed E-state index contributed by atoms with van der Waals surface area (Å²) in [5, 5.41) is 12.4. The number of nitrogens with one attached hydrogen (secondary N) is 1. The van der Waals surface area contributed by atoms with Crippen LogP contribution in [0.25, 0.3) is 0 Å². The first-order valence-electron chi connectivity index (χ1n) is 9.56. The Hall–Kier alpha value is -2.51. The summed E-state index contributed by atoms with van der Waals surface area (Å²) >= 11 is 0. The van der Waals surface area contributed by atoms with Crippen LogP contribution < -0.4 is 5.32 Å². The molecular weight excluding hydrogens is 350 g/mol. The third-order valence-electron chi connectivity index (χ3n) is 6.11. The SMILES string of the molecule is O=C(O)C1CC2(CCN(C(=O)NCc3ccco3)CC2)CN1C(=O)C1CC1. The third kappa shape index (κ3) is 3.65. The van der Waals surface area contributed by atoms with Crippen molar-refractivity contribution in [2.75, 3.05) is 19.6 Å². The summed E-state index contributed by atoms with van der Waals surface area (Å²) in [5.74, 6) is -0.196. The van der Waals surface area contributed by atoms with Gasteiger partial charge in [0.1, 0.15) is 11.8 Å². The Morgan fingerprint density at radius 3 is 2.59 bits per heavy atom. The minimum absolute atomic E-state index is 0.00195. The van der Waals surface area contributed by atoms with Crippen molar-refractivity contribution in [1.29, 1.82) is 0 Å². The minimum Gasteiger partial charge on any atom is -0.480 e. The van der Waals surface area contributed by atoms with Crippen molar-refractivity contribution in [3.8, 4) is 0 Å². The number of hydrogen-bond acceptors (Lipinski definition) is 4. The van der Waals surface area contributed by atoms with Crippen molar-refractivity contribution in [3.63, 3.8) is 0 Å². The van der Waals surface area contributed by atoms with Crippen LogP contribution in [0.4, 0.5) is 4.79 Å². The number of aliphatic carboxylic acids is 1. The highest BCUT2D eigenvalue weighted by Gasteiger charge is 2.52. The highest BCUT2D eigenvalue weighted by molar-refractivity contribution is 5.87. The summed E-state index contributed by atoms with van der Waals surface area (Å²) in [6.07, 6.45) is 5.25. The molecule has 1 aromatic rings. The number of carboxylic acids is 1. The standard InChI is InChI=1S/C19H25N3O5/c23-16(13-3-4-13)22-12-19(10-15(22)17(24)25)5-7-21(8-6-19)18(26)20-11-14-2-1-9-27-14/h1-2,9,13,15H,3-8,10-12H2,(H,20,26)(H,24,25). The molecule has 146 valence electrons. The van der Waals surface area contributed by atoms with Gasteiger partial charge in [-0.3, -0.25) is 4.79 Å². The fraction of sp³-hybridized carbons (Fsp3) is 0.632. The molecule has 0 aromatic carbocycles. The van der Waals surface area contributed by atoms with Gasteiger partial charge in [-0.25, -0.2) is 9.59 Å². The van der Waals surface area contributed by atoms with Gasteiger partial charge in [0.25, 0.3) is 0 Å². The van der Waals surface area contributed by atoms with Crippen LogP contribution in [0.3, 0.4) is 0 Å². The number of furan rings is 1. The Morgan fingerprint density at radius 2 is 2.00 bits per heavy atom. The van der Waals surface area contributed by atoms with Crippen LogP contribution in [0.2, 0.25) is 0 Å². The average Bonchev–Trinajstić information content (AvgIpc) is 3.25. The van der Waals surface area contributed by atoms with Crippen molar-refractivity contribution < 1.29 is 23.9 Å². The minimum atomic E-state index is -0.917. The van der Waals surface area contributed by atoms with E-state index in [9.17, 15) is 19.5 Å². The maximum atomic E-state index is 12.5. The zero-order valence-electron chi connectivity index (χ0n) is 15.2. The summed E-state index contributed by atoms with van der Waals surface area (Å²) < 4.78 is 5.21.